The highest BCUT2D eigenvalue weighted by Crippen LogP contribution is 2.33. The van der Waals surface area contributed by atoms with Gasteiger partial charge >= 0.3 is 5.97 Å². The Kier molecular flexibility index (Phi) is 5.96. The van der Waals surface area contributed by atoms with E-state index >= 15 is 0 Å². The molecule has 2 aliphatic rings. The van der Waals surface area contributed by atoms with Gasteiger partial charge in [-0.2, -0.15) is 0 Å². The molecule has 1 aliphatic carbocycles. The summed E-state index contributed by atoms with van der Waals surface area (Å²) in [5.41, 5.74) is 0. The van der Waals surface area contributed by atoms with Crippen LogP contribution in [0.1, 0.15) is 32.1 Å². The Labute approximate surface area is 130 Å². The summed E-state index contributed by atoms with van der Waals surface area (Å²) in [5, 5.41) is 18.7. The summed E-state index contributed by atoms with van der Waals surface area (Å²) in [5.74, 6) is -0.221. The molecule has 4 atom stereocenters. The van der Waals surface area contributed by atoms with Crippen LogP contribution in [0.25, 0.3) is 0 Å². The van der Waals surface area contributed by atoms with Gasteiger partial charge < -0.3 is 15.1 Å². The Hall–Kier alpha value is -0.0300. The van der Waals surface area contributed by atoms with Crippen LogP contribution in [0.2, 0.25) is 0 Å². The summed E-state index contributed by atoms with van der Waals surface area (Å²) in [6.45, 7) is 2.67. The van der Waals surface area contributed by atoms with E-state index in [0.29, 0.717) is 12.3 Å². The summed E-state index contributed by atoms with van der Waals surface area (Å²) in [6, 6.07) is 0. The molecule has 0 radical (unpaired) electrons. The molecule has 0 spiro atoms. The van der Waals surface area contributed by atoms with Crippen LogP contribution in [-0.2, 0) is 4.79 Å². The van der Waals surface area contributed by atoms with E-state index in [1.165, 1.54) is 0 Å². The average molecular weight is 324 g/mol. The molecule has 1 heterocycles. The van der Waals surface area contributed by atoms with Gasteiger partial charge in [-0.15, -0.1) is 23.2 Å². The van der Waals surface area contributed by atoms with Crippen LogP contribution in [0.4, 0.5) is 0 Å². The zero-order valence-electron chi connectivity index (χ0n) is 11.5. The van der Waals surface area contributed by atoms with Gasteiger partial charge in [0.2, 0.25) is 0 Å². The van der Waals surface area contributed by atoms with Crippen molar-refractivity contribution in [1.29, 1.82) is 0 Å². The quantitative estimate of drug-likeness (QED) is 0.778. The Morgan fingerprint density at radius 2 is 1.75 bits per heavy atom. The number of likely N-dealkylation sites (tertiary alicyclic amines) is 1. The van der Waals surface area contributed by atoms with Gasteiger partial charge in [0.25, 0.3) is 0 Å². The molecule has 0 bridgehead atoms. The van der Waals surface area contributed by atoms with E-state index in [4.69, 9.17) is 28.3 Å². The highest BCUT2D eigenvalue weighted by molar-refractivity contribution is 6.30. The Morgan fingerprint density at radius 1 is 1.15 bits per heavy atom. The van der Waals surface area contributed by atoms with E-state index in [2.05, 4.69) is 4.90 Å². The van der Waals surface area contributed by atoms with Crippen molar-refractivity contribution in [2.75, 3.05) is 19.6 Å². The minimum atomic E-state index is -0.704. The highest BCUT2D eigenvalue weighted by Gasteiger charge is 2.35. The number of aliphatic hydroxyl groups excluding tert-OH is 1. The first kappa shape index (κ1) is 16.3. The Balaban J connectivity index is 1.76. The summed E-state index contributed by atoms with van der Waals surface area (Å²) in [6.07, 6.45) is 3.08. The number of carboxylic acids is 1. The fourth-order valence-electron chi connectivity index (χ4n) is 3.31. The second-order valence-electron chi connectivity index (χ2n) is 6.17. The predicted molar refractivity (Wildman–Crippen MR) is 79.4 cm³/mol. The second-order valence-corrected chi connectivity index (χ2v) is 7.29. The topological polar surface area (TPSA) is 60.8 Å². The molecule has 2 N–H and O–H groups in total. The van der Waals surface area contributed by atoms with Crippen LogP contribution in [0, 0.1) is 11.8 Å². The molecule has 1 saturated carbocycles. The first-order chi connectivity index (χ1) is 9.45. The molecule has 0 aromatic rings. The van der Waals surface area contributed by atoms with Gasteiger partial charge in [-0.3, -0.25) is 4.79 Å². The zero-order chi connectivity index (χ0) is 14.7. The lowest BCUT2D eigenvalue weighted by Gasteiger charge is -2.39. The Bertz CT molecular complexity index is 334. The third-order valence-corrected chi connectivity index (χ3v) is 5.69. The second kappa shape index (κ2) is 7.30. The molecular weight excluding hydrogens is 301 g/mol. The molecule has 1 saturated heterocycles. The van der Waals surface area contributed by atoms with Crippen molar-refractivity contribution in [2.45, 2.75) is 49.0 Å². The smallest absolute Gasteiger partial charge is 0.303 e. The lowest BCUT2D eigenvalue weighted by molar-refractivity contribution is -0.138. The maximum absolute atomic E-state index is 10.7. The number of nitrogens with zero attached hydrogens (tertiary/aromatic N) is 1. The molecule has 4 nitrogen and oxygen atoms in total. The number of halogens is 2. The van der Waals surface area contributed by atoms with E-state index < -0.39 is 5.97 Å². The number of hydrogen-bond donors (Lipinski definition) is 2. The van der Waals surface area contributed by atoms with Crippen molar-refractivity contribution in [2.24, 2.45) is 11.8 Å². The van der Waals surface area contributed by atoms with Crippen molar-refractivity contribution < 1.29 is 15.0 Å². The van der Waals surface area contributed by atoms with Crippen molar-refractivity contribution in [3.63, 3.8) is 0 Å². The SMILES string of the molecule is O=C(O)CC1CCN(CC2CC(Cl)C(Cl)CC2O)CC1. The number of piperidine rings is 1. The maximum Gasteiger partial charge on any atom is 0.303 e. The molecule has 20 heavy (non-hydrogen) atoms. The van der Waals surface area contributed by atoms with E-state index in [0.717, 1.165) is 38.9 Å². The molecule has 4 unspecified atom stereocenters. The first-order valence-electron chi connectivity index (χ1n) is 7.36. The summed E-state index contributed by atoms with van der Waals surface area (Å²) < 4.78 is 0. The average Bonchev–Trinajstić information content (AvgIpc) is 2.37. The largest absolute Gasteiger partial charge is 0.481 e. The van der Waals surface area contributed by atoms with Gasteiger partial charge in [-0.05, 0) is 50.6 Å². The minimum Gasteiger partial charge on any atom is -0.481 e. The molecular formula is C14H23Cl2NO3. The number of alkyl halides is 2. The van der Waals surface area contributed by atoms with Crippen molar-refractivity contribution in [3.05, 3.63) is 0 Å². The van der Waals surface area contributed by atoms with Crippen LogP contribution in [0.3, 0.4) is 0 Å². The standard InChI is InChI=1S/C14H23Cl2NO3/c15-11-6-10(13(18)7-12(11)16)8-17-3-1-9(2-4-17)5-14(19)20/h9-13,18H,1-8H2,(H,19,20). The van der Waals surface area contributed by atoms with Gasteiger partial charge in [0, 0.05) is 13.0 Å². The maximum atomic E-state index is 10.7. The minimum absolute atomic E-state index is 0.0605. The van der Waals surface area contributed by atoms with Gasteiger partial charge in [-0.25, -0.2) is 0 Å². The number of aliphatic carboxylic acids is 1. The van der Waals surface area contributed by atoms with Crippen molar-refractivity contribution in [1.82, 2.24) is 4.90 Å². The molecule has 0 aromatic carbocycles. The van der Waals surface area contributed by atoms with Gasteiger partial charge in [-0.1, -0.05) is 0 Å². The molecule has 0 aromatic heterocycles. The summed E-state index contributed by atoms with van der Waals surface area (Å²) in [7, 11) is 0. The molecule has 6 heteroatoms. The third-order valence-electron chi connectivity index (χ3n) is 4.59. The molecule has 2 rings (SSSR count). The van der Waals surface area contributed by atoms with Gasteiger partial charge in [0.1, 0.15) is 0 Å². The summed E-state index contributed by atoms with van der Waals surface area (Å²) in [4.78, 5) is 13.0. The van der Waals surface area contributed by atoms with Crippen molar-refractivity contribution >= 4 is 29.2 Å². The van der Waals surface area contributed by atoms with Crippen LogP contribution in [-0.4, -0.2) is 57.6 Å². The zero-order valence-corrected chi connectivity index (χ0v) is 13.1. The third kappa shape index (κ3) is 4.48. The molecule has 1 aliphatic heterocycles. The highest BCUT2D eigenvalue weighted by atomic mass is 35.5. The molecule has 0 amide bonds. The number of carbonyl (C=O) groups is 1. The fraction of sp³-hybridized carbons (Fsp3) is 0.929. The first-order valence-corrected chi connectivity index (χ1v) is 8.23. The normalized spacial score (nSPS) is 37.0. The number of rotatable bonds is 4. The summed E-state index contributed by atoms with van der Waals surface area (Å²) >= 11 is 12.3. The lowest BCUT2D eigenvalue weighted by atomic mass is 9.84. The van der Waals surface area contributed by atoms with Crippen LogP contribution in [0.5, 0.6) is 0 Å². The number of carboxylic acid groups (broad SMARTS) is 1. The van der Waals surface area contributed by atoms with E-state index in [1.54, 1.807) is 0 Å². The van der Waals surface area contributed by atoms with Crippen molar-refractivity contribution in [3.8, 4) is 0 Å². The fourth-order valence-corrected chi connectivity index (χ4v) is 3.93. The van der Waals surface area contributed by atoms with Gasteiger partial charge in [0.15, 0.2) is 0 Å². The lowest BCUT2D eigenvalue weighted by Crippen LogP contribution is -2.45. The molecule has 116 valence electrons. The van der Waals surface area contributed by atoms with Crippen LogP contribution >= 0.6 is 23.2 Å². The number of hydrogen-bond acceptors (Lipinski definition) is 3. The predicted octanol–water partition coefficient (Wildman–Crippen LogP) is 2.16. The molecule has 2 fully saturated rings. The van der Waals surface area contributed by atoms with Gasteiger partial charge in [0.05, 0.1) is 16.9 Å². The van der Waals surface area contributed by atoms with E-state index in [-0.39, 0.29) is 29.2 Å². The Morgan fingerprint density at radius 3 is 2.35 bits per heavy atom. The van der Waals surface area contributed by atoms with E-state index in [9.17, 15) is 9.90 Å². The van der Waals surface area contributed by atoms with Crippen LogP contribution in [0.15, 0.2) is 0 Å². The monoisotopic (exact) mass is 323 g/mol. The number of aliphatic hydroxyl groups is 1. The van der Waals surface area contributed by atoms with Crippen LogP contribution < -0.4 is 0 Å². The van der Waals surface area contributed by atoms with E-state index in [1.807, 2.05) is 0 Å².